The summed E-state index contributed by atoms with van der Waals surface area (Å²) >= 11 is 0. The molecule has 0 radical (unpaired) electrons. The first kappa shape index (κ1) is 18.3. The van der Waals surface area contributed by atoms with Crippen LogP contribution in [-0.2, 0) is 11.3 Å². The average molecular weight is 393 g/mol. The monoisotopic (exact) mass is 393 g/mol. The standard InChI is InChI=1S/C19H16FN7O2/c1-11-3-2-4-14(9-11)22-15(28)10-27-17(21)16(24-26-27)19-23-18(25-29-19)12-5-7-13(20)8-6-12/h2-9H,10,21H2,1H3,(H,22,28). The molecule has 0 atom stereocenters. The largest absolute Gasteiger partial charge is 0.382 e. The number of hydrogen-bond donors (Lipinski definition) is 2. The third kappa shape index (κ3) is 3.95. The SMILES string of the molecule is Cc1cccc(NC(=O)Cn2nnc(-c3nc(-c4ccc(F)cc4)no3)c2N)c1. The first-order valence-electron chi connectivity index (χ1n) is 8.65. The number of aromatic nitrogens is 5. The van der Waals surface area contributed by atoms with Gasteiger partial charge in [0.25, 0.3) is 5.89 Å². The van der Waals surface area contributed by atoms with E-state index in [1.54, 1.807) is 6.07 Å². The number of nitrogens with two attached hydrogens (primary N) is 1. The minimum Gasteiger partial charge on any atom is -0.382 e. The van der Waals surface area contributed by atoms with Gasteiger partial charge in [0.1, 0.15) is 12.4 Å². The maximum absolute atomic E-state index is 13.1. The molecule has 1 amide bonds. The quantitative estimate of drug-likeness (QED) is 0.534. The van der Waals surface area contributed by atoms with Crippen LogP contribution < -0.4 is 11.1 Å². The highest BCUT2D eigenvalue weighted by Crippen LogP contribution is 2.24. The first-order chi connectivity index (χ1) is 14.0. The maximum Gasteiger partial charge on any atom is 0.282 e. The lowest BCUT2D eigenvalue weighted by atomic mass is 10.2. The number of amides is 1. The maximum atomic E-state index is 13.1. The van der Waals surface area contributed by atoms with E-state index in [9.17, 15) is 9.18 Å². The molecule has 0 bridgehead atoms. The smallest absolute Gasteiger partial charge is 0.282 e. The summed E-state index contributed by atoms with van der Waals surface area (Å²) in [5.74, 6) is -0.262. The summed E-state index contributed by atoms with van der Waals surface area (Å²) in [6.07, 6.45) is 0. The average Bonchev–Trinajstić information content (AvgIpc) is 3.30. The summed E-state index contributed by atoms with van der Waals surface area (Å²) in [6, 6.07) is 13.1. The van der Waals surface area contributed by atoms with E-state index in [2.05, 4.69) is 25.8 Å². The number of nitrogens with zero attached hydrogens (tertiary/aromatic N) is 5. The Balaban J connectivity index is 1.50. The van der Waals surface area contributed by atoms with Gasteiger partial charge in [-0.3, -0.25) is 4.79 Å². The van der Waals surface area contributed by atoms with E-state index in [0.717, 1.165) is 5.56 Å². The van der Waals surface area contributed by atoms with Gasteiger partial charge in [0.05, 0.1) is 0 Å². The highest BCUT2D eigenvalue weighted by molar-refractivity contribution is 5.90. The van der Waals surface area contributed by atoms with Gasteiger partial charge < -0.3 is 15.6 Å². The second kappa shape index (κ2) is 7.50. The van der Waals surface area contributed by atoms with Gasteiger partial charge in [0.15, 0.2) is 11.5 Å². The Morgan fingerprint density at radius 2 is 2.03 bits per heavy atom. The fourth-order valence-electron chi connectivity index (χ4n) is 2.68. The molecule has 4 aromatic rings. The van der Waals surface area contributed by atoms with Gasteiger partial charge in [-0.15, -0.1) is 5.10 Å². The van der Waals surface area contributed by atoms with Crippen LogP contribution in [0.15, 0.2) is 53.1 Å². The predicted octanol–water partition coefficient (Wildman–Crippen LogP) is 2.66. The van der Waals surface area contributed by atoms with Gasteiger partial charge in [-0.25, -0.2) is 9.07 Å². The minimum absolute atomic E-state index is 0.0483. The minimum atomic E-state index is -0.367. The van der Waals surface area contributed by atoms with Crippen LogP contribution in [-0.4, -0.2) is 31.0 Å². The Morgan fingerprint density at radius 1 is 1.24 bits per heavy atom. The second-order valence-electron chi connectivity index (χ2n) is 6.33. The molecule has 4 rings (SSSR count). The Bertz CT molecular complexity index is 1170. The topological polar surface area (TPSA) is 125 Å². The number of carbonyl (C=O) groups is 1. The molecule has 0 aliphatic carbocycles. The van der Waals surface area contributed by atoms with Crippen molar-refractivity contribution >= 4 is 17.4 Å². The highest BCUT2D eigenvalue weighted by Gasteiger charge is 2.20. The lowest BCUT2D eigenvalue weighted by Crippen LogP contribution is -2.20. The zero-order valence-electron chi connectivity index (χ0n) is 15.3. The van der Waals surface area contributed by atoms with Crippen LogP contribution in [0.4, 0.5) is 15.9 Å². The van der Waals surface area contributed by atoms with E-state index in [1.165, 1.54) is 28.9 Å². The molecule has 0 aliphatic rings. The number of rotatable bonds is 5. The number of nitrogens with one attached hydrogen (secondary N) is 1. The molecule has 0 saturated heterocycles. The number of benzene rings is 2. The summed E-state index contributed by atoms with van der Waals surface area (Å²) < 4.78 is 19.5. The summed E-state index contributed by atoms with van der Waals surface area (Å²) in [5, 5.41) is 14.4. The molecule has 3 N–H and O–H groups in total. The van der Waals surface area contributed by atoms with Crippen molar-refractivity contribution in [2.75, 3.05) is 11.1 Å². The van der Waals surface area contributed by atoms with Crippen molar-refractivity contribution in [1.82, 2.24) is 25.1 Å². The number of hydrogen-bond acceptors (Lipinski definition) is 7. The van der Waals surface area contributed by atoms with Crippen molar-refractivity contribution in [3.8, 4) is 23.0 Å². The zero-order chi connectivity index (χ0) is 20.4. The number of halogens is 1. The van der Waals surface area contributed by atoms with Crippen molar-refractivity contribution in [1.29, 1.82) is 0 Å². The molecule has 146 valence electrons. The predicted molar refractivity (Wildman–Crippen MR) is 103 cm³/mol. The fourth-order valence-corrected chi connectivity index (χ4v) is 2.68. The molecule has 0 fully saturated rings. The molecular formula is C19H16FN7O2. The normalized spacial score (nSPS) is 10.8. The van der Waals surface area contributed by atoms with Crippen LogP contribution in [0.2, 0.25) is 0 Å². The van der Waals surface area contributed by atoms with Crippen molar-refractivity contribution < 1.29 is 13.7 Å². The van der Waals surface area contributed by atoms with Crippen LogP contribution >= 0.6 is 0 Å². The van der Waals surface area contributed by atoms with Crippen LogP contribution in [0, 0.1) is 12.7 Å². The van der Waals surface area contributed by atoms with Gasteiger partial charge in [0.2, 0.25) is 11.7 Å². The van der Waals surface area contributed by atoms with E-state index in [-0.39, 0.29) is 41.5 Å². The summed E-state index contributed by atoms with van der Waals surface area (Å²) in [7, 11) is 0. The van der Waals surface area contributed by atoms with Gasteiger partial charge in [-0.2, -0.15) is 4.98 Å². The van der Waals surface area contributed by atoms with Crippen molar-refractivity contribution in [3.63, 3.8) is 0 Å². The number of carbonyl (C=O) groups excluding carboxylic acids is 1. The summed E-state index contributed by atoms with van der Waals surface area (Å²) in [6.45, 7) is 1.80. The molecule has 2 heterocycles. The number of nitrogen functional groups attached to an aromatic ring is 1. The van der Waals surface area contributed by atoms with Crippen molar-refractivity contribution in [2.24, 2.45) is 0 Å². The summed E-state index contributed by atoms with van der Waals surface area (Å²) in [4.78, 5) is 16.5. The van der Waals surface area contributed by atoms with Gasteiger partial charge in [-0.1, -0.05) is 22.5 Å². The van der Waals surface area contributed by atoms with E-state index < -0.39 is 0 Å². The molecular weight excluding hydrogens is 377 g/mol. The first-order valence-corrected chi connectivity index (χ1v) is 8.65. The van der Waals surface area contributed by atoms with Crippen molar-refractivity contribution in [3.05, 3.63) is 59.9 Å². The van der Waals surface area contributed by atoms with E-state index in [1.807, 2.05) is 25.1 Å². The van der Waals surface area contributed by atoms with E-state index >= 15 is 0 Å². The Labute approximate surface area is 164 Å². The third-order valence-corrected chi connectivity index (χ3v) is 4.10. The fraction of sp³-hybridized carbons (Fsp3) is 0.105. The van der Waals surface area contributed by atoms with E-state index in [0.29, 0.717) is 11.3 Å². The molecule has 0 spiro atoms. The van der Waals surface area contributed by atoms with Crippen LogP contribution in [0.5, 0.6) is 0 Å². The summed E-state index contributed by atoms with van der Waals surface area (Å²) in [5.41, 5.74) is 8.49. The van der Waals surface area contributed by atoms with Crippen LogP contribution in [0.1, 0.15) is 5.56 Å². The molecule has 2 aromatic carbocycles. The third-order valence-electron chi connectivity index (χ3n) is 4.10. The molecule has 29 heavy (non-hydrogen) atoms. The molecule has 0 aliphatic heterocycles. The Hall–Kier alpha value is -4.08. The molecule has 0 unspecified atom stereocenters. The lowest BCUT2D eigenvalue weighted by molar-refractivity contribution is -0.116. The second-order valence-corrected chi connectivity index (χ2v) is 6.33. The lowest BCUT2D eigenvalue weighted by Gasteiger charge is -2.06. The Morgan fingerprint density at radius 3 is 2.79 bits per heavy atom. The molecule has 2 aromatic heterocycles. The van der Waals surface area contributed by atoms with Crippen LogP contribution in [0.3, 0.4) is 0 Å². The van der Waals surface area contributed by atoms with Gasteiger partial charge in [0, 0.05) is 11.3 Å². The zero-order valence-corrected chi connectivity index (χ0v) is 15.3. The number of aryl methyl sites for hydroxylation is 1. The van der Waals surface area contributed by atoms with Gasteiger partial charge in [-0.05, 0) is 48.9 Å². The van der Waals surface area contributed by atoms with Crippen molar-refractivity contribution in [2.45, 2.75) is 13.5 Å². The Kier molecular flexibility index (Phi) is 4.73. The van der Waals surface area contributed by atoms with Gasteiger partial charge >= 0.3 is 0 Å². The number of anilines is 2. The van der Waals surface area contributed by atoms with E-state index in [4.69, 9.17) is 10.3 Å². The molecule has 10 heteroatoms. The molecule has 0 saturated carbocycles. The highest BCUT2D eigenvalue weighted by atomic mass is 19.1. The molecule has 9 nitrogen and oxygen atoms in total. The van der Waals surface area contributed by atoms with Crippen LogP contribution in [0.25, 0.3) is 23.0 Å².